The van der Waals surface area contributed by atoms with Gasteiger partial charge in [-0.25, -0.2) is 4.98 Å². The van der Waals surface area contributed by atoms with Crippen LogP contribution in [0.3, 0.4) is 0 Å². The minimum absolute atomic E-state index is 0.159. The molecule has 70 heavy (non-hydrogen) atoms. The first kappa shape index (κ1) is 40.1. The number of anilines is 3. The van der Waals surface area contributed by atoms with Gasteiger partial charge in [-0.15, -0.1) is 0 Å². The number of para-hydroxylation sites is 1. The Morgan fingerprint density at radius 2 is 1.00 bits per heavy atom. The van der Waals surface area contributed by atoms with Gasteiger partial charge in [0.25, 0.3) is 0 Å². The van der Waals surface area contributed by atoms with Gasteiger partial charge in [0.2, 0.25) is 0 Å². The molecule has 2 aliphatic carbocycles. The van der Waals surface area contributed by atoms with Crippen LogP contribution in [0.1, 0.15) is 47.2 Å². The third-order valence-corrected chi connectivity index (χ3v) is 15.4. The van der Waals surface area contributed by atoms with Crippen LogP contribution in [0.2, 0.25) is 0 Å². The summed E-state index contributed by atoms with van der Waals surface area (Å²) in [5, 5.41) is 3.32. The number of rotatable bonds is 7. The number of hydrogen-bond donors (Lipinski definition) is 0. The van der Waals surface area contributed by atoms with Crippen LogP contribution in [0, 0.1) is 12.1 Å². The molecule has 0 N–H and O–H groups in total. The standard InChI is InChI=1S/C67H45N3/c1-66(2)59-26-14-12-23-52(59)53-35-32-49(41-60(53)66)69(48-30-28-45(29-31-48)44-17-6-3-7-18-44)50-33-36-54-55-37-34-51(70-64-27-15-13-24-56(64)57-38-39-63-58(65(57)70)25-16-40-68-63)43-62(55)67(61(54)42-50,46-19-8-4-9-20-46)47-21-10-5-11-22-47/h3-15,17-24,26-43H,1-2H3. The Labute approximate surface area is 408 Å². The van der Waals surface area contributed by atoms with Gasteiger partial charge < -0.3 is 9.47 Å². The largest absolute Gasteiger partial charge is 0.310 e. The quantitative estimate of drug-likeness (QED) is 0.159. The van der Waals surface area contributed by atoms with Gasteiger partial charge in [-0.1, -0.05) is 184 Å². The summed E-state index contributed by atoms with van der Waals surface area (Å²) in [4.78, 5) is 7.20. The smallest absolute Gasteiger partial charge is 0.0815 e. The summed E-state index contributed by atoms with van der Waals surface area (Å²) < 4.78 is 2.42. The first-order valence-corrected chi connectivity index (χ1v) is 24.2. The second-order valence-electron chi connectivity index (χ2n) is 19.3. The molecule has 3 heteroatoms. The van der Waals surface area contributed by atoms with Crippen molar-refractivity contribution in [2.24, 2.45) is 0 Å². The molecule has 2 aliphatic rings. The van der Waals surface area contributed by atoms with E-state index >= 15 is 0 Å². The van der Waals surface area contributed by atoms with Crippen LogP contribution in [0.15, 0.2) is 237 Å². The third-order valence-electron chi connectivity index (χ3n) is 15.4. The molecule has 3 nitrogen and oxygen atoms in total. The predicted molar refractivity (Wildman–Crippen MR) is 289 cm³/mol. The molecule has 0 spiro atoms. The fraction of sp³-hybridized carbons (Fsp3) is 0.0597. The van der Waals surface area contributed by atoms with E-state index in [0.29, 0.717) is 0 Å². The summed E-state index contributed by atoms with van der Waals surface area (Å²) in [6, 6.07) is 92.0. The Bertz CT molecular complexity index is 3980. The van der Waals surface area contributed by atoms with Crippen molar-refractivity contribution >= 4 is 49.8 Å². The van der Waals surface area contributed by atoms with Crippen molar-refractivity contribution in [3.63, 3.8) is 0 Å². The van der Waals surface area contributed by atoms with Crippen molar-refractivity contribution in [1.82, 2.24) is 9.55 Å². The van der Waals surface area contributed by atoms with E-state index in [2.05, 4.69) is 266 Å². The van der Waals surface area contributed by atoms with E-state index in [1.54, 1.807) is 6.20 Å². The highest BCUT2D eigenvalue weighted by molar-refractivity contribution is 6.17. The van der Waals surface area contributed by atoms with E-state index in [1.807, 2.05) is 0 Å². The zero-order valence-corrected chi connectivity index (χ0v) is 38.9. The summed E-state index contributed by atoms with van der Waals surface area (Å²) in [6.07, 6.45) is 1.71. The summed E-state index contributed by atoms with van der Waals surface area (Å²) in [6.45, 7) is 4.73. The topological polar surface area (TPSA) is 21.1 Å². The van der Waals surface area contributed by atoms with Gasteiger partial charge in [-0.05, 0) is 140 Å². The molecule has 0 radical (unpaired) electrons. The van der Waals surface area contributed by atoms with Gasteiger partial charge >= 0.3 is 0 Å². The van der Waals surface area contributed by atoms with Gasteiger partial charge in [0.15, 0.2) is 0 Å². The highest BCUT2D eigenvalue weighted by Gasteiger charge is 2.47. The van der Waals surface area contributed by atoms with Crippen LogP contribution < -0.4 is 4.90 Å². The average Bonchev–Trinajstić information content (AvgIpc) is 4.00. The van der Waals surface area contributed by atoms with E-state index < -0.39 is 5.41 Å². The number of benzene rings is 10. The number of hydrogen-bond acceptors (Lipinski definition) is 2. The zero-order chi connectivity index (χ0) is 46.6. The molecule has 0 bridgehead atoms. The van der Waals surface area contributed by atoms with E-state index in [0.717, 1.165) is 44.7 Å². The van der Waals surface area contributed by atoms with Crippen molar-refractivity contribution in [3.05, 3.63) is 282 Å². The monoisotopic (exact) mass is 891 g/mol. The fourth-order valence-electron chi connectivity index (χ4n) is 12.2. The number of fused-ring (bicyclic) bond motifs is 11. The van der Waals surface area contributed by atoms with E-state index in [9.17, 15) is 0 Å². The van der Waals surface area contributed by atoms with Crippen molar-refractivity contribution in [3.8, 4) is 39.1 Å². The number of nitrogens with zero attached hydrogens (tertiary/aromatic N) is 3. The lowest BCUT2D eigenvalue weighted by atomic mass is 9.67. The second-order valence-corrected chi connectivity index (χ2v) is 19.3. The summed E-state index contributed by atoms with van der Waals surface area (Å²) >= 11 is 0. The van der Waals surface area contributed by atoms with Crippen molar-refractivity contribution in [2.45, 2.75) is 24.7 Å². The van der Waals surface area contributed by atoms with E-state index in [1.165, 1.54) is 77.5 Å². The molecule has 0 atom stereocenters. The van der Waals surface area contributed by atoms with E-state index in [4.69, 9.17) is 4.98 Å². The Morgan fingerprint density at radius 3 is 1.73 bits per heavy atom. The molecule has 0 aliphatic heterocycles. The molecule has 0 unspecified atom stereocenters. The van der Waals surface area contributed by atoms with Crippen LogP contribution in [0.4, 0.5) is 17.1 Å². The summed E-state index contributed by atoms with van der Waals surface area (Å²) in [5.41, 5.74) is 21.8. The molecule has 328 valence electrons. The SMILES string of the molecule is CC1(C)c2ccccc2-c2ccc(N(c3ccc(-c4ccccc4)cc3)c3ccc4c(c3)C(c3ccccc3)(c3ccccc3)c3cc(-n5c6ccccc6c6ccc7ncc#cc7c65)ccc3-4)cc21. The Morgan fingerprint density at radius 1 is 0.443 bits per heavy atom. The molecule has 10 aromatic carbocycles. The third kappa shape index (κ3) is 5.74. The van der Waals surface area contributed by atoms with Gasteiger partial charge in [-0.2, -0.15) is 0 Å². The molecule has 2 aromatic heterocycles. The van der Waals surface area contributed by atoms with Crippen LogP contribution in [-0.4, -0.2) is 9.55 Å². The zero-order valence-electron chi connectivity index (χ0n) is 38.9. The minimum Gasteiger partial charge on any atom is -0.310 e. The molecule has 12 aromatic rings. The average molecular weight is 892 g/mol. The molecular weight excluding hydrogens is 847 g/mol. The molecular formula is C67H45N3. The molecule has 14 rings (SSSR count). The molecule has 2 heterocycles. The van der Waals surface area contributed by atoms with Crippen LogP contribution >= 0.6 is 0 Å². The fourth-order valence-corrected chi connectivity index (χ4v) is 12.2. The van der Waals surface area contributed by atoms with Crippen LogP contribution in [-0.2, 0) is 10.8 Å². The molecule has 0 saturated heterocycles. The Kier molecular flexibility index (Phi) is 8.76. The molecule has 0 amide bonds. The van der Waals surface area contributed by atoms with Gasteiger partial charge in [0, 0.05) is 38.9 Å². The maximum Gasteiger partial charge on any atom is 0.0815 e. The highest BCUT2D eigenvalue weighted by Crippen LogP contribution is 2.58. The lowest BCUT2D eigenvalue weighted by Crippen LogP contribution is -2.29. The van der Waals surface area contributed by atoms with E-state index in [-0.39, 0.29) is 5.41 Å². The first-order chi connectivity index (χ1) is 34.5. The first-order valence-electron chi connectivity index (χ1n) is 24.2. The molecule has 0 fully saturated rings. The Balaban J connectivity index is 1.02. The van der Waals surface area contributed by atoms with Gasteiger partial charge in [0.1, 0.15) is 0 Å². The molecule has 0 saturated carbocycles. The second kappa shape index (κ2) is 15.3. The number of aromatic nitrogens is 2. The summed E-state index contributed by atoms with van der Waals surface area (Å²) in [7, 11) is 0. The maximum absolute atomic E-state index is 4.74. The lowest BCUT2D eigenvalue weighted by molar-refractivity contribution is 0.660. The normalized spacial score (nSPS) is 13.7. The van der Waals surface area contributed by atoms with Crippen molar-refractivity contribution in [2.75, 3.05) is 4.90 Å². The maximum atomic E-state index is 4.74. The van der Waals surface area contributed by atoms with Crippen LogP contribution in [0.25, 0.3) is 71.8 Å². The van der Waals surface area contributed by atoms with Crippen LogP contribution in [0.5, 0.6) is 0 Å². The minimum atomic E-state index is -0.675. The Hall–Kier alpha value is -8.97. The summed E-state index contributed by atoms with van der Waals surface area (Å²) in [5.74, 6) is 0. The predicted octanol–water partition coefficient (Wildman–Crippen LogP) is 16.7. The lowest BCUT2D eigenvalue weighted by Gasteiger charge is -2.35. The van der Waals surface area contributed by atoms with Gasteiger partial charge in [0.05, 0.1) is 33.5 Å². The highest BCUT2D eigenvalue weighted by atomic mass is 15.1. The van der Waals surface area contributed by atoms with Crippen molar-refractivity contribution < 1.29 is 0 Å². The van der Waals surface area contributed by atoms with Gasteiger partial charge in [-0.3, -0.25) is 0 Å². The van der Waals surface area contributed by atoms with Crippen molar-refractivity contribution in [1.29, 1.82) is 0 Å².